The molecule has 0 unspecified atom stereocenters. The van der Waals surface area contributed by atoms with E-state index in [9.17, 15) is 4.79 Å². The molecule has 2 aromatic carbocycles. The van der Waals surface area contributed by atoms with Crippen LogP contribution in [-0.4, -0.2) is 17.0 Å². The summed E-state index contributed by atoms with van der Waals surface area (Å²) in [4.78, 5) is 12.7. The zero-order valence-electron chi connectivity index (χ0n) is 14.3. The van der Waals surface area contributed by atoms with Crippen molar-refractivity contribution < 1.29 is 9.53 Å². The maximum atomic E-state index is 12.7. The molecule has 0 radical (unpaired) electrons. The molecule has 3 nitrogen and oxygen atoms in total. The molecule has 0 atom stereocenters. The third-order valence-electron chi connectivity index (χ3n) is 4.61. The van der Waals surface area contributed by atoms with E-state index in [2.05, 4.69) is 22.6 Å². The first-order chi connectivity index (χ1) is 12.2. The number of benzene rings is 2. The third kappa shape index (κ3) is 2.40. The molecule has 124 valence electrons. The lowest BCUT2D eigenvalue weighted by Crippen LogP contribution is -2.07. The third-order valence-corrected chi connectivity index (χ3v) is 4.61. The Kier molecular flexibility index (Phi) is 3.77. The van der Waals surface area contributed by atoms with E-state index in [-0.39, 0.29) is 5.97 Å². The Hall–Kier alpha value is -3.07. The van der Waals surface area contributed by atoms with Crippen LogP contribution in [0.15, 0.2) is 66.9 Å². The van der Waals surface area contributed by atoms with E-state index in [1.165, 1.54) is 0 Å². The van der Waals surface area contributed by atoms with Gasteiger partial charge in [-0.1, -0.05) is 54.6 Å². The SMILES string of the molecule is CCOC(=O)c1c(-c2ccccc2)c2c3ccccc3ccn2c1C. The predicted molar refractivity (Wildman–Crippen MR) is 101 cm³/mol. The molecular formula is C22H19NO2. The van der Waals surface area contributed by atoms with Crippen LogP contribution < -0.4 is 0 Å². The van der Waals surface area contributed by atoms with Crippen molar-refractivity contribution in [3.8, 4) is 11.1 Å². The summed E-state index contributed by atoms with van der Waals surface area (Å²) in [7, 11) is 0. The predicted octanol–water partition coefficient (Wildman–Crippen LogP) is 5.24. The van der Waals surface area contributed by atoms with Gasteiger partial charge in [0.05, 0.1) is 17.7 Å². The monoisotopic (exact) mass is 329 g/mol. The van der Waals surface area contributed by atoms with Crippen LogP contribution in [0, 0.1) is 6.92 Å². The van der Waals surface area contributed by atoms with Crippen molar-refractivity contribution >= 4 is 22.3 Å². The first-order valence-electron chi connectivity index (χ1n) is 8.47. The van der Waals surface area contributed by atoms with Gasteiger partial charge in [-0.2, -0.15) is 0 Å². The number of nitrogens with zero attached hydrogens (tertiary/aromatic N) is 1. The average Bonchev–Trinajstić information content (AvgIpc) is 2.96. The molecule has 0 saturated carbocycles. The Morgan fingerprint density at radius 3 is 2.48 bits per heavy atom. The molecule has 0 aliphatic heterocycles. The van der Waals surface area contributed by atoms with Gasteiger partial charge in [0.15, 0.2) is 0 Å². The van der Waals surface area contributed by atoms with Gasteiger partial charge in [-0.15, -0.1) is 0 Å². The fraction of sp³-hybridized carbons (Fsp3) is 0.136. The highest BCUT2D eigenvalue weighted by atomic mass is 16.5. The first kappa shape index (κ1) is 15.5. The van der Waals surface area contributed by atoms with Gasteiger partial charge in [-0.05, 0) is 30.9 Å². The Morgan fingerprint density at radius 1 is 1.00 bits per heavy atom. The molecule has 4 aromatic rings. The van der Waals surface area contributed by atoms with Crippen molar-refractivity contribution in [2.75, 3.05) is 6.61 Å². The number of esters is 1. The van der Waals surface area contributed by atoms with Crippen molar-refractivity contribution in [3.05, 3.63) is 78.1 Å². The van der Waals surface area contributed by atoms with Crippen molar-refractivity contribution in [1.29, 1.82) is 0 Å². The topological polar surface area (TPSA) is 30.7 Å². The molecule has 25 heavy (non-hydrogen) atoms. The molecule has 0 amide bonds. The van der Waals surface area contributed by atoms with Crippen molar-refractivity contribution in [2.45, 2.75) is 13.8 Å². The molecular weight excluding hydrogens is 310 g/mol. The van der Waals surface area contributed by atoms with Crippen LogP contribution in [-0.2, 0) is 4.74 Å². The summed E-state index contributed by atoms with van der Waals surface area (Å²) in [6.07, 6.45) is 2.03. The van der Waals surface area contributed by atoms with Crippen LogP contribution in [0.3, 0.4) is 0 Å². The number of ether oxygens (including phenoxy) is 1. The Bertz CT molecular complexity index is 1080. The Labute approximate surface area is 146 Å². The lowest BCUT2D eigenvalue weighted by molar-refractivity contribution is 0.0526. The molecule has 0 spiro atoms. The largest absolute Gasteiger partial charge is 0.462 e. The number of hydrogen-bond donors (Lipinski definition) is 0. The average molecular weight is 329 g/mol. The summed E-state index contributed by atoms with van der Waals surface area (Å²) in [6, 6.07) is 20.4. The molecule has 0 N–H and O–H groups in total. The van der Waals surface area contributed by atoms with E-state index in [4.69, 9.17) is 4.74 Å². The summed E-state index contributed by atoms with van der Waals surface area (Å²) in [6.45, 7) is 4.17. The minimum absolute atomic E-state index is 0.272. The zero-order chi connectivity index (χ0) is 17.4. The number of fused-ring (bicyclic) bond motifs is 3. The molecule has 3 heteroatoms. The second-order valence-corrected chi connectivity index (χ2v) is 6.04. The highest BCUT2D eigenvalue weighted by Crippen LogP contribution is 2.37. The van der Waals surface area contributed by atoms with Crippen LogP contribution in [0.5, 0.6) is 0 Å². The van der Waals surface area contributed by atoms with E-state index < -0.39 is 0 Å². The minimum Gasteiger partial charge on any atom is -0.462 e. The Balaban J connectivity index is 2.19. The Morgan fingerprint density at radius 2 is 1.72 bits per heavy atom. The fourth-order valence-corrected chi connectivity index (χ4v) is 3.51. The van der Waals surface area contributed by atoms with Crippen LogP contribution in [0.4, 0.5) is 0 Å². The van der Waals surface area contributed by atoms with E-state index in [0.717, 1.165) is 33.1 Å². The van der Waals surface area contributed by atoms with E-state index >= 15 is 0 Å². The number of carbonyl (C=O) groups excluding carboxylic acids is 1. The second-order valence-electron chi connectivity index (χ2n) is 6.04. The van der Waals surface area contributed by atoms with Crippen LogP contribution in [0.2, 0.25) is 0 Å². The number of aryl methyl sites for hydroxylation is 1. The normalized spacial score (nSPS) is 11.1. The van der Waals surface area contributed by atoms with Gasteiger partial charge in [-0.3, -0.25) is 0 Å². The summed E-state index contributed by atoms with van der Waals surface area (Å²) in [5.41, 5.74) is 4.55. The van der Waals surface area contributed by atoms with Gasteiger partial charge in [-0.25, -0.2) is 4.79 Å². The maximum Gasteiger partial charge on any atom is 0.340 e. The summed E-state index contributed by atoms with van der Waals surface area (Å²) < 4.78 is 7.45. The fourth-order valence-electron chi connectivity index (χ4n) is 3.51. The van der Waals surface area contributed by atoms with Crippen molar-refractivity contribution in [1.82, 2.24) is 4.40 Å². The summed E-state index contributed by atoms with van der Waals surface area (Å²) >= 11 is 0. The standard InChI is InChI=1S/C22H19NO2/c1-3-25-22(24)19-15(2)23-14-13-16-9-7-8-12-18(16)21(23)20(19)17-10-5-4-6-11-17/h4-14H,3H2,1-2H3. The minimum atomic E-state index is -0.272. The molecule has 2 aromatic heterocycles. The van der Waals surface area contributed by atoms with Gasteiger partial charge in [0, 0.05) is 22.8 Å². The lowest BCUT2D eigenvalue weighted by Gasteiger charge is -2.07. The van der Waals surface area contributed by atoms with Gasteiger partial charge < -0.3 is 9.14 Å². The maximum absolute atomic E-state index is 12.7. The second kappa shape index (κ2) is 6.10. The number of aromatic nitrogens is 1. The van der Waals surface area contributed by atoms with Gasteiger partial charge >= 0.3 is 5.97 Å². The number of rotatable bonds is 3. The van der Waals surface area contributed by atoms with Crippen LogP contribution in [0.1, 0.15) is 23.0 Å². The molecule has 0 saturated heterocycles. The quantitative estimate of drug-likeness (QED) is 0.481. The highest BCUT2D eigenvalue weighted by Gasteiger charge is 2.24. The van der Waals surface area contributed by atoms with Gasteiger partial charge in [0.1, 0.15) is 0 Å². The molecule has 0 aliphatic rings. The molecule has 2 heterocycles. The smallest absolute Gasteiger partial charge is 0.340 e. The molecule has 4 rings (SSSR count). The molecule has 0 fully saturated rings. The lowest BCUT2D eigenvalue weighted by atomic mass is 9.99. The van der Waals surface area contributed by atoms with Crippen LogP contribution in [0.25, 0.3) is 27.4 Å². The van der Waals surface area contributed by atoms with Crippen LogP contribution >= 0.6 is 0 Å². The number of hydrogen-bond acceptors (Lipinski definition) is 2. The summed E-state index contributed by atoms with van der Waals surface area (Å²) in [5.74, 6) is -0.272. The highest BCUT2D eigenvalue weighted by molar-refractivity contribution is 6.11. The zero-order valence-corrected chi connectivity index (χ0v) is 14.3. The number of carbonyl (C=O) groups is 1. The first-order valence-corrected chi connectivity index (χ1v) is 8.47. The molecule has 0 bridgehead atoms. The number of pyridine rings is 1. The van der Waals surface area contributed by atoms with E-state index in [1.54, 1.807) is 0 Å². The van der Waals surface area contributed by atoms with Crippen molar-refractivity contribution in [3.63, 3.8) is 0 Å². The van der Waals surface area contributed by atoms with Crippen molar-refractivity contribution in [2.24, 2.45) is 0 Å². The van der Waals surface area contributed by atoms with Gasteiger partial charge in [0.2, 0.25) is 0 Å². The molecule has 0 aliphatic carbocycles. The van der Waals surface area contributed by atoms with E-state index in [0.29, 0.717) is 12.2 Å². The van der Waals surface area contributed by atoms with E-state index in [1.807, 2.05) is 62.5 Å². The van der Waals surface area contributed by atoms with Gasteiger partial charge in [0.25, 0.3) is 0 Å². The summed E-state index contributed by atoms with van der Waals surface area (Å²) in [5, 5.41) is 2.28.